The van der Waals surface area contributed by atoms with Gasteiger partial charge in [0.1, 0.15) is 6.61 Å². The van der Waals surface area contributed by atoms with Crippen LogP contribution >= 0.6 is 0 Å². The summed E-state index contributed by atoms with van der Waals surface area (Å²) < 4.78 is 5.37. The first-order valence-electron chi connectivity index (χ1n) is 9.61. The summed E-state index contributed by atoms with van der Waals surface area (Å²) in [5, 5.41) is 2.68. The van der Waals surface area contributed by atoms with E-state index < -0.39 is 0 Å². The molecule has 2 aliphatic rings. The number of alkyl carbamates (subject to hydrolysis) is 1. The Kier molecular flexibility index (Phi) is 6.14. The summed E-state index contributed by atoms with van der Waals surface area (Å²) in [6.07, 6.45) is 4.48. The zero-order valence-corrected chi connectivity index (χ0v) is 15.8. The third-order valence-corrected chi connectivity index (χ3v) is 5.35. The molecule has 1 saturated heterocycles. The van der Waals surface area contributed by atoms with Crippen LogP contribution in [0.15, 0.2) is 18.2 Å². The van der Waals surface area contributed by atoms with E-state index in [-0.39, 0.29) is 18.0 Å². The molecule has 26 heavy (non-hydrogen) atoms. The fraction of sp³-hybridized carbons (Fsp3) is 0.600. The highest BCUT2D eigenvalue weighted by molar-refractivity contribution is 5.95. The molecule has 3 rings (SSSR count). The molecule has 1 atom stereocenters. The average molecular weight is 359 g/mol. The zero-order valence-electron chi connectivity index (χ0n) is 15.8. The number of piperidine rings is 1. The quantitative estimate of drug-likeness (QED) is 0.878. The summed E-state index contributed by atoms with van der Waals surface area (Å²) in [5.41, 5.74) is 3.54. The van der Waals surface area contributed by atoms with Crippen molar-refractivity contribution in [2.75, 3.05) is 31.6 Å². The molecule has 2 amide bonds. The summed E-state index contributed by atoms with van der Waals surface area (Å²) in [7, 11) is 1.85. The van der Waals surface area contributed by atoms with E-state index in [2.05, 4.69) is 28.4 Å². The number of nitrogens with one attached hydrogen (secondary N) is 1. The third kappa shape index (κ3) is 4.36. The van der Waals surface area contributed by atoms with Gasteiger partial charge in [-0.2, -0.15) is 0 Å². The molecule has 1 fully saturated rings. The van der Waals surface area contributed by atoms with Gasteiger partial charge in [-0.1, -0.05) is 18.6 Å². The molecule has 6 nitrogen and oxygen atoms in total. The fourth-order valence-corrected chi connectivity index (χ4v) is 3.87. The van der Waals surface area contributed by atoms with E-state index >= 15 is 0 Å². The number of carbonyl (C=O) groups excluding carboxylic acids is 2. The van der Waals surface area contributed by atoms with Crippen molar-refractivity contribution in [3.63, 3.8) is 0 Å². The maximum atomic E-state index is 11.8. The number of amides is 2. The summed E-state index contributed by atoms with van der Waals surface area (Å²) in [4.78, 5) is 27.6. The number of hydrogen-bond acceptors (Lipinski definition) is 4. The third-order valence-electron chi connectivity index (χ3n) is 5.35. The molecule has 0 radical (unpaired) electrons. The molecular weight excluding hydrogens is 330 g/mol. The second-order valence-corrected chi connectivity index (χ2v) is 7.16. The number of benzene rings is 1. The van der Waals surface area contributed by atoms with E-state index in [1.807, 2.05) is 14.0 Å². The normalized spacial score (nSPS) is 20.6. The first kappa shape index (κ1) is 18.7. The molecule has 0 saturated carbocycles. The molecule has 1 unspecified atom stereocenters. The number of fused-ring (bicyclic) bond motifs is 1. The molecule has 142 valence electrons. The van der Waals surface area contributed by atoms with Crippen molar-refractivity contribution >= 4 is 17.7 Å². The Morgan fingerprint density at radius 3 is 2.96 bits per heavy atom. The van der Waals surface area contributed by atoms with Gasteiger partial charge in [-0.05, 0) is 49.9 Å². The van der Waals surface area contributed by atoms with E-state index in [1.54, 1.807) is 4.90 Å². The lowest BCUT2D eigenvalue weighted by atomic mass is 9.97. The highest BCUT2D eigenvalue weighted by Crippen LogP contribution is 2.29. The highest BCUT2D eigenvalue weighted by Gasteiger charge is 2.25. The number of likely N-dealkylation sites (tertiary alicyclic amines) is 1. The van der Waals surface area contributed by atoms with Gasteiger partial charge in [0.25, 0.3) is 0 Å². The minimum atomic E-state index is -0.334. The van der Waals surface area contributed by atoms with Crippen molar-refractivity contribution in [3.8, 4) is 0 Å². The molecule has 1 N–H and O–H groups in total. The van der Waals surface area contributed by atoms with Crippen LogP contribution in [0.25, 0.3) is 0 Å². The lowest BCUT2D eigenvalue weighted by Gasteiger charge is -2.35. The lowest BCUT2D eigenvalue weighted by molar-refractivity contribution is -0.118. The molecule has 0 aliphatic carbocycles. The summed E-state index contributed by atoms with van der Waals surface area (Å²) in [6.45, 7) is 4.79. The predicted molar refractivity (Wildman–Crippen MR) is 101 cm³/mol. The first-order chi connectivity index (χ1) is 12.6. The van der Waals surface area contributed by atoms with Crippen molar-refractivity contribution < 1.29 is 14.3 Å². The van der Waals surface area contributed by atoms with Crippen LogP contribution in [0, 0.1) is 0 Å². The number of hydrogen-bond donors (Lipinski definition) is 1. The second-order valence-electron chi connectivity index (χ2n) is 7.16. The van der Waals surface area contributed by atoms with Crippen molar-refractivity contribution in [1.29, 1.82) is 0 Å². The highest BCUT2D eigenvalue weighted by atomic mass is 16.5. The number of anilines is 1. The van der Waals surface area contributed by atoms with Crippen LogP contribution < -0.4 is 10.2 Å². The SMILES string of the molecule is CCNC(=O)OCC1CCCCN1Cc1ccc2c(c1)CCC(=O)N2C. The average Bonchev–Trinajstić information content (AvgIpc) is 2.64. The summed E-state index contributed by atoms with van der Waals surface area (Å²) in [5.74, 6) is 0.184. The van der Waals surface area contributed by atoms with E-state index in [0.717, 1.165) is 31.6 Å². The molecule has 6 heteroatoms. The first-order valence-corrected chi connectivity index (χ1v) is 9.61. The van der Waals surface area contributed by atoms with Crippen LogP contribution in [0.1, 0.15) is 43.7 Å². The van der Waals surface area contributed by atoms with Gasteiger partial charge in [-0.25, -0.2) is 4.79 Å². The van der Waals surface area contributed by atoms with Crippen LogP contribution in [-0.4, -0.2) is 49.7 Å². The van der Waals surface area contributed by atoms with Crippen LogP contribution in [0.3, 0.4) is 0 Å². The topological polar surface area (TPSA) is 61.9 Å². The smallest absolute Gasteiger partial charge is 0.407 e. The molecule has 0 aromatic heterocycles. The standard InChI is InChI=1S/C20H29N3O3/c1-3-21-20(25)26-14-17-6-4-5-11-23(17)13-15-7-9-18-16(12-15)8-10-19(24)22(18)2/h7,9,12,17H,3-6,8,10-11,13-14H2,1-2H3,(H,21,25). The van der Waals surface area contributed by atoms with Gasteiger partial charge in [0.15, 0.2) is 0 Å². The van der Waals surface area contributed by atoms with Gasteiger partial charge in [0.05, 0.1) is 0 Å². The monoisotopic (exact) mass is 359 g/mol. The molecular formula is C20H29N3O3. The molecule has 1 aromatic carbocycles. The lowest BCUT2D eigenvalue weighted by Crippen LogP contribution is -2.43. The Morgan fingerprint density at radius 2 is 2.15 bits per heavy atom. The maximum Gasteiger partial charge on any atom is 0.407 e. The minimum Gasteiger partial charge on any atom is -0.448 e. The van der Waals surface area contributed by atoms with Gasteiger partial charge < -0.3 is 15.0 Å². The Bertz CT molecular complexity index is 662. The van der Waals surface area contributed by atoms with Gasteiger partial charge in [-0.15, -0.1) is 0 Å². The molecule has 0 spiro atoms. The Balaban J connectivity index is 1.64. The maximum absolute atomic E-state index is 11.8. The second kappa shape index (κ2) is 8.54. The Labute approximate surface area is 155 Å². The fourth-order valence-electron chi connectivity index (χ4n) is 3.87. The van der Waals surface area contributed by atoms with Crippen molar-refractivity contribution in [2.45, 2.75) is 51.6 Å². The number of ether oxygens (including phenoxy) is 1. The van der Waals surface area contributed by atoms with Gasteiger partial charge in [-0.3, -0.25) is 9.69 Å². The van der Waals surface area contributed by atoms with Crippen LogP contribution in [-0.2, 0) is 22.5 Å². The van der Waals surface area contributed by atoms with Gasteiger partial charge in [0, 0.05) is 38.3 Å². The largest absolute Gasteiger partial charge is 0.448 e. The zero-order chi connectivity index (χ0) is 18.5. The van der Waals surface area contributed by atoms with Crippen LogP contribution in [0.2, 0.25) is 0 Å². The molecule has 0 bridgehead atoms. The van der Waals surface area contributed by atoms with Gasteiger partial charge in [0.2, 0.25) is 5.91 Å². The molecule has 2 heterocycles. The van der Waals surface area contributed by atoms with Crippen molar-refractivity contribution in [2.24, 2.45) is 0 Å². The number of rotatable bonds is 5. The number of aryl methyl sites for hydroxylation is 1. The van der Waals surface area contributed by atoms with Crippen LogP contribution in [0.4, 0.5) is 10.5 Å². The van der Waals surface area contributed by atoms with Crippen LogP contribution in [0.5, 0.6) is 0 Å². The Hall–Kier alpha value is -2.08. The van der Waals surface area contributed by atoms with E-state index in [0.29, 0.717) is 19.6 Å². The summed E-state index contributed by atoms with van der Waals surface area (Å²) >= 11 is 0. The van der Waals surface area contributed by atoms with Gasteiger partial charge >= 0.3 is 6.09 Å². The number of nitrogens with zero attached hydrogens (tertiary/aromatic N) is 2. The Morgan fingerprint density at radius 1 is 1.31 bits per heavy atom. The number of carbonyl (C=O) groups is 2. The minimum absolute atomic E-state index is 0.184. The van der Waals surface area contributed by atoms with E-state index in [4.69, 9.17) is 4.74 Å². The summed E-state index contributed by atoms with van der Waals surface area (Å²) in [6, 6.07) is 6.68. The molecule has 2 aliphatic heterocycles. The predicted octanol–water partition coefficient (Wildman–Crippen LogP) is 2.70. The van der Waals surface area contributed by atoms with Crippen molar-refractivity contribution in [1.82, 2.24) is 10.2 Å². The van der Waals surface area contributed by atoms with E-state index in [1.165, 1.54) is 24.0 Å². The van der Waals surface area contributed by atoms with E-state index in [9.17, 15) is 9.59 Å². The molecule has 1 aromatic rings. The van der Waals surface area contributed by atoms with Crippen molar-refractivity contribution in [3.05, 3.63) is 29.3 Å².